The lowest BCUT2D eigenvalue weighted by Crippen LogP contribution is -2.27. The van der Waals surface area contributed by atoms with Crippen LogP contribution in [0.3, 0.4) is 0 Å². The van der Waals surface area contributed by atoms with Crippen molar-refractivity contribution < 1.29 is 13.2 Å². The van der Waals surface area contributed by atoms with Gasteiger partial charge in [-0.15, -0.1) is 0 Å². The van der Waals surface area contributed by atoms with Crippen molar-refractivity contribution >= 4 is 10.0 Å². The van der Waals surface area contributed by atoms with Crippen LogP contribution >= 0.6 is 0 Å². The normalized spacial score (nSPS) is 17.1. The Hall–Kier alpha value is -0.950. The summed E-state index contributed by atoms with van der Waals surface area (Å²) >= 11 is 0. The molecule has 1 aliphatic carbocycles. The number of hydrogen-bond acceptors (Lipinski definition) is 4. The third kappa shape index (κ3) is 4.56. The number of nitrogens with one attached hydrogen (secondary N) is 1. The van der Waals surface area contributed by atoms with Crippen molar-refractivity contribution in [2.24, 2.45) is 11.7 Å². The molecular formula is C14H22N2O3S. The zero-order chi connectivity index (χ0) is 14.6. The fraction of sp³-hybridized carbons (Fsp3) is 0.571. The van der Waals surface area contributed by atoms with Crippen molar-refractivity contribution in [2.45, 2.75) is 30.7 Å². The van der Waals surface area contributed by atoms with Gasteiger partial charge in [-0.3, -0.25) is 0 Å². The van der Waals surface area contributed by atoms with E-state index in [0.29, 0.717) is 19.1 Å². The molecule has 20 heavy (non-hydrogen) atoms. The first-order chi connectivity index (χ1) is 9.49. The minimum absolute atomic E-state index is 0.101. The first-order valence-corrected chi connectivity index (χ1v) is 8.40. The largest absolute Gasteiger partial charge is 0.380 e. The summed E-state index contributed by atoms with van der Waals surface area (Å²) in [4.78, 5) is 0.254. The second-order valence-electron chi connectivity index (χ2n) is 5.27. The lowest BCUT2D eigenvalue weighted by atomic mass is 10.1. The number of nitrogens with two attached hydrogens (primary N) is 1. The van der Waals surface area contributed by atoms with Gasteiger partial charge in [0.2, 0.25) is 10.0 Å². The summed E-state index contributed by atoms with van der Waals surface area (Å²) in [5, 5.41) is 0. The first-order valence-electron chi connectivity index (χ1n) is 6.92. The van der Waals surface area contributed by atoms with E-state index in [0.717, 1.165) is 12.2 Å². The van der Waals surface area contributed by atoms with Crippen LogP contribution in [0.4, 0.5) is 0 Å². The topological polar surface area (TPSA) is 81.4 Å². The monoisotopic (exact) mass is 298 g/mol. The van der Waals surface area contributed by atoms with Gasteiger partial charge in [0.15, 0.2) is 0 Å². The molecule has 0 spiro atoms. The smallest absolute Gasteiger partial charge is 0.240 e. The van der Waals surface area contributed by atoms with Crippen LogP contribution in [0.15, 0.2) is 29.2 Å². The highest BCUT2D eigenvalue weighted by atomic mass is 32.2. The maximum Gasteiger partial charge on any atom is 0.240 e. The molecule has 0 radical (unpaired) electrons. The Kier molecular flexibility index (Phi) is 5.15. The minimum Gasteiger partial charge on any atom is -0.380 e. The van der Waals surface area contributed by atoms with E-state index in [-0.39, 0.29) is 10.9 Å². The first kappa shape index (κ1) is 15.4. The van der Waals surface area contributed by atoms with Crippen molar-refractivity contribution in [3.8, 4) is 0 Å². The third-order valence-corrected chi connectivity index (χ3v) is 4.78. The molecule has 3 N–H and O–H groups in total. The van der Waals surface area contributed by atoms with Crippen LogP contribution in [0, 0.1) is 5.92 Å². The van der Waals surface area contributed by atoms with E-state index in [2.05, 4.69) is 4.72 Å². The SMILES string of the molecule is CC(N)c1ccc(S(=O)(=O)NCCOCC2CC2)cc1. The summed E-state index contributed by atoms with van der Waals surface area (Å²) in [6.07, 6.45) is 2.47. The van der Waals surface area contributed by atoms with E-state index >= 15 is 0 Å². The van der Waals surface area contributed by atoms with Gasteiger partial charge >= 0.3 is 0 Å². The molecule has 1 unspecified atom stereocenters. The van der Waals surface area contributed by atoms with Crippen LogP contribution in [0.5, 0.6) is 0 Å². The van der Waals surface area contributed by atoms with E-state index < -0.39 is 10.0 Å². The van der Waals surface area contributed by atoms with E-state index in [4.69, 9.17) is 10.5 Å². The molecule has 1 saturated carbocycles. The quantitative estimate of drug-likeness (QED) is 0.711. The van der Waals surface area contributed by atoms with Crippen LogP contribution in [0.1, 0.15) is 31.4 Å². The van der Waals surface area contributed by atoms with Crippen molar-refractivity contribution in [1.82, 2.24) is 4.72 Å². The summed E-state index contributed by atoms with van der Waals surface area (Å²) in [6.45, 7) is 3.31. The van der Waals surface area contributed by atoms with Crippen LogP contribution in [-0.2, 0) is 14.8 Å². The summed E-state index contributed by atoms with van der Waals surface area (Å²) in [6, 6.07) is 6.53. The second-order valence-corrected chi connectivity index (χ2v) is 7.04. The average Bonchev–Trinajstić information content (AvgIpc) is 3.22. The number of sulfonamides is 1. The highest BCUT2D eigenvalue weighted by Gasteiger charge is 2.21. The lowest BCUT2D eigenvalue weighted by Gasteiger charge is -2.09. The Morgan fingerprint density at radius 3 is 2.55 bits per heavy atom. The molecular weight excluding hydrogens is 276 g/mol. The van der Waals surface area contributed by atoms with Crippen LogP contribution in [0.25, 0.3) is 0 Å². The van der Waals surface area contributed by atoms with Gasteiger partial charge in [-0.2, -0.15) is 0 Å². The Bertz CT molecular complexity index is 522. The van der Waals surface area contributed by atoms with Gasteiger partial charge in [0.1, 0.15) is 0 Å². The summed E-state index contributed by atoms with van der Waals surface area (Å²) < 4.78 is 32.0. The summed E-state index contributed by atoms with van der Waals surface area (Å²) in [7, 11) is -3.46. The Balaban J connectivity index is 1.81. The standard InChI is InChI=1S/C14H22N2O3S/c1-11(15)13-4-6-14(7-5-13)20(17,18)16-8-9-19-10-12-2-3-12/h4-7,11-12,16H,2-3,8-10,15H2,1H3. The molecule has 0 amide bonds. The molecule has 6 heteroatoms. The molecule has 1 aromatic carbocycles. The van der Waals surface area contributed by atoms with Crippen LogP contribution in [0.2, 0.25) is 0 Å². The van der Waals surface area contributed by atoms with Gasteiger partial charge in [-0.05, 0) is 43.4 Å². The maximum atomic E-state index is 12.0. The number of benzene rings is 1. The molecule has 1 aliphatic rings. The van der Waals surface area contributed by atoms with E-state index in [1.54, 1.807) is 24.3 Å². The predicted octanol–water partition coefficient (Wildman–Crippen LogP) is 1.41. The molecule has 1 aromatic rings. The molecule has 112 valence electrons. The molecule has 0 aromatic heterocycles. The predicted molar refractivity (Wildman–Crippen MR) is 77.8 cm³/mol. The maximum absolute atomic E-state index is 12.0. The molecule has 1 atom stereocenters. The van der Waals surface area contributed by atoms with Crippen LogP contribution < -0.4 is 10.5 Å². The van der Waals surface area contributed by atoms with Crippen molar-refractivity contribution in [3.05, 3.63) is 29.8 Å². The van der Waals surface area contributed by atoms with Gasteiger partial charge < -0.3 is 10.5 Å². The Morgan fingerprint density at radius 2 is 2.00 bits per heavy atom. The van der Waals surface area contributed by atoms with E-state index in [1.165, 1.54) is 12.8 Å². The summed E-state index contributed by atoms with van der Waals surface area (Å²) in [5.74, 6) is 0.692. The summed E-state index contributed by atoms with van der Waals surface area (Å²) in [5.41, 5.74) is 6.65. The molecule has 5 nitrogen and oxygen atoms in total. The average molecular weight is 298 g/mol. The van der Waals surface area contributed by atoms with Gasteiger partial charge in [0.05, 0.1) is 11.5 Å². The van der Waals surface area contributed by atoms with Crippen molar-refractivity contribution in [1.29, 1.82) is 0 Å². The molecule has 0 heterocycles. The highest BCUT2D eigenvalue weighted by Crippen LogP contribution is 2.28. The fourth-order valence-electron chi connectivity index (χ4n) is 1.82. The third-order valence-electron chi connectivity index (χ3n) is 3.31. The number of hydrogen-bond donors (Lipinski definition) is 2. The second kappa shape index (κ2) is 6.67. The Labute approximate surface area is 120 Å². The molecule has 0 bridgehead atoms. The van der Waals surface area contributed by atoms with Gasteiger partial charge in [-0.25, -0.2) is 13.1 Å². The van der Waals surface area contributed by atoms with Crippen molar-refractivity contribution in [2.75, 3.05) is 19.8 Å². The number of ether oxygens (including phenoxy) is 1. The van der Waals surface area contributed by atoms with Gasteiger partial charge in [-0.1, -0.05) is 12.1 Å². The molecule has 1 fully saturated rings. The van der Waals surface area contributed by atoms with Crippen LogP contribution in [-0.4, -0.2) is 28.2 Å². The zero-order valence-corrected chi connectivity index (χ0v) is 12.5. The highest BCUT2D eigenvalue weighted by molar-refractivity contribution is 7.89. The lowest BCUT2D eigenvalue weighted by molar-refractivity contribution is 0.129. The molecule has 2 rings (SSSR count). The van der Waals surface area contributed by atoms with Gasteiger partial charge in [0, 0.05) is 19.2 Å². The molecule has 0 saturated heterocycles. The number of rotatable bonds is 8. The Morgan fingerprint density at radius 1 is 1.35 bits per heavy atom. The van der Waals surface area contributed by atoms with E-state index in [9.17, 15) is 8.42 Å². The molecule has 0 aliphatic heterocycles. The van der Waals surface area contributed by atoms with Gasteiger partial charge in [0.25, 0.3) is 0 Å². The van der Waals surface area contributed by atoms with E-state index in [1.807, 2.05) is 6.92 Å². The minimum atomic E-state index is -3.46. The van der Waals surface area contributed by atoms with Crippen molar-refractivity contribution in [3.63, 3.8) is 0 Å². The zero-order valence-electron chi connectivity index (χ0n) is 11.7. The fourth-order valence-corrected chi connectivity index (χ4v) is 2.83.